The Morgan fingerprint density at radius 3 is 2.46 bits per heavy atom. The molecule has 13 heteroatoms. The zero-order chi connectivity index (χ0) is 26.0. The van der Waals surface area contributed by atoms with Gasteiger partial charge >= 0.3 is 6.18 Å². The number of anilines is 2. The minimum Gasteiger partial charge on any atom is -0.395 e. The molecule has 1 aromatic carbocycles. The fourth-order valence-corrected chi connectivity index (χ4v) is 3.91. The predicted octanol–water partition coefficient (Wildman–Crippen LogP) is 2.40. The summed E-state index contributed by atoms with van der Waals surface area (Å²) in [5, 5.41) is 0.362. The number of nitrogen functional groups attached to an aromatic ring is 1. The van der Waals surface area contributed by atoms with Gasteiger partial charge in [0.25, 0.3) is 5.91 Å². The van der Waals surface area contributed by atoms with Gasteiger partial charge in [0, 0.05) is 17.8 Å². The Balaban J connectivity index is 2.11. The number of amides is 1. The molecule has 3 rings (SSSR count). The van der Waals surface area contributed by atoms with Crippen LogP contribution in [0.4, 0.5) is 24.7 Å². The van der Waals surface area contributed by atoms with E-state index in [1.54, 1.807) is 30.3 Å². The van der Waals surface area contributed by atoms with Crippen molar-refractivity contribution in [1.29, 1.82) is 0 Å². The van der Waals surface area contributed by atoms with Crippen molar-refractivity contribution >= 4 is 38.2 Å². The van der Waals surface area contributed by atoms with Crippen LogP contribution < -0.4 is 22.1 Å². The molecule has 0 unspecified atom stereocenters. The van der Waals surface area contributed by atoms with E-state index in [1.807, 2.05) is 0 Å². The van der Waals surface area contributed by atoms with E-state index < -0.39 is 38.3 Å². The summed E-state index contributed by atoms with van der Waals surface area (Å²) >= 11 is 0. The molecule has 0 aliphatic rings. The first-order valence-corrected chi connectivity index (χ1v) is 11.8. The van der Waals surface area contributed by atoms with Crippen molar-refractivity contribution in [2.24, 2.45) is 11.5 Å². The van der Waals surface area contributed by atoms with E-state index in [4.69, 9.17) is 17.2 Å². The van der Waals surface area contributed by atoms with Crippen molar-refractivity contribution in [2.45, 2.75) is 17.7 Å². The smallest absolute Gasteiger partial charge is 0.395 e. The standard InChI is InChI=1S/C22H21F3N6O3S/c1-35(33,34)20-17(3-2-10-29-20)31(21(32)15(26)7-8-18(27)22(23,24)25)12-13-4-5-14-6-9-19(28)30-16(14)11-13/h2-11H,12,26-27H2,1H3,(H2,28,30)/b15-7-,18-8-. The number of hydrogen-bond acceptors (Lipinski definition) is 8. The molecule has 0 aliphatic carbocycles. The molecule has 9 nitrogen and oxygen atoms in total. The number of carbonyl (C=O) groups excluding carboxylic acids is 1. The number of nitrogens with zero attached hydrogens (tertiary/aromatic N) is 3. The summed E-state index contributed by atoms with van der Waals surface area (Å²) in [6, 6.07) is 11.2. The maximum absolute atomic E-state index is 13.2. The third-order valence-corrected chi connectivity index (χ3v) is 5.79. The van der Waals surface area contributed by atoms with Crippen LogP contribution in [0.5, 0.6) is 0 Å². The maximum atomic E-state index is 13.2. The lowest BCUT2D eigenvalue weighted by molar-refractivity contribution is -0.115. The number of halogens is 3. The summed E-state index contributed by atoms with van der Waals surface area (Å²) in [7, 11) is -3.89. The van der Waals surface area contributed by atoms with Gasteiger partial charge in [0.05, 0.1) is 23.4 Å². The van der Waals surface area contributed by atoms with Crippen molar-refractivity contribution in [3.8, 4) is 0 Å². The molecule has 0 bridgehead atoms. The lowest BCUT2D eigenvalue weighted by atomic mass is 10.1. The molecule has 0 radical (unpaired) electrons. The summed E-state index contributed by atoms with van der Waals surface area (Å²) in [6.07, 6.45) is -1.51. The van der Waals surface area contributed by atoms with Gasteiger partial charge in [-0.15, -0.1) is 0 Å². The van der Waals surface area contributed by atoms with E-state index in [9.17, 15) is 26.4 Å². The molecule has 6 N–H and O–H groups in total. The highest BCUT2D eigenvalue weighted by Gasteiger charge is 2.31. The quantitative estimate of drug-likeness (QED) is 0.340. The summed E-state index contributed by atoms with van der Waals surface area (Å²) in [5.41, 5.74) is 15.3. The van der Waals surface area contributed by atoms with Crippen LogP contribution >= 0.6 is 0 Å². The van der Waals surface area contributed by atoms with E-state index in [0.717, 1.165) is 16.5 Å². The van der Waals surface area contributed by atoms with Gasteiger partial charge in [0.2, 0.25) is 0 Å². The first-order chi connectivity index (χ1) is 16.3. The van der Waals surface area contributed by atoms with E-state index in [0.29, 0.717) is 23.2 Å². The molecule has 0 saturated carbocycles. The Morgan fingerprint density at radius 1 is 1.11 bits per heavy atom. The molecule has 3 aromatic rings. The third kappa shape index (κ3) is 6.06. The van der Waals surface area contributed by atoms with Crippen molar-refractivity contribution in [3.63, 3.8) is 0 Å². The Kier molecular flexibility index (Phi) is 7.01. The Bertz CT molecular complexity index is 1450. The molecular weight excluding hydrogens is 485 g/mol. The van der Waals surface area contributed by atoms with Gasteiger partial charge in [-0.25, -0.2) is 18.4 Å². The van der Waals surface area contributed by atoms with Crippen LogP contribution in [0, 0.1) is 0 Å². The second-order valence-electron chi connectivity index (χ2n) is 7.50. The average molecular weight is 507 g/mol. The lowest BCUT2D eigenvalue weighted by Gasteiger charge is -2.24. The molecule has 35 heavy (non-hydrogen) atoms. The van der Waals surface area contributed by atoms with Crippen molar-refractivity contribution in [1.82, 2.24) is 9.97 Å². The third-order valence-electron chi connectivity index (χ3n) is 4.77. The Hall–Kier alpha value is -4.13. The normalized spacial score (nSPS) is 13.1. The topological polar surface area (TPSA) is 158 Å². The van der Waals surface area contributed by atoms with Gasteiger partial charge in [-0.3, -0.25) is 9.69 Å². The van der Waals surface area contributed by atoms with Crippen LogP contribution in [0.3, 0.4) is 0 Å². The fraction of sp³-hybridized carbons (Fsp3) is 0.136. The number of nitrogens with two attached hydrogens (primary N) is 3. The number of sulfone groups is 1. The number of benzene rings is 1. The van der Waals surface area contributed by atoms with Crippen LogP contribution in [-0.4, -0.2) is 36.7 Å². The summed E-state index contributed by atoms with van der Waals surface area (Å²) in [5.74, 6) is -0.690. The molecule has 0 fully saturated rings. The number of alkyl halides is 3. The number of aromatic nitrogens is 2. The van der Waals surface area contributed by atoms with Crippen molar-refractivity contribution < 1.29 is 26.4 Å². The Morgan fingerprint density at radius 2 is 1.80 bits per heavy atom. The molecule has 0 aliphatic heterocycles. The maximum Gasteiger partial charge on any atom is 0.430 e. The zero-order valence-electron chi connectivity index (χ0n) is 18.3. The monoisotopic (exact) mass is 506 g/mol. The van der Waals surface area contributed by atoms with Crippen LogP contribution in [0.15, 0.2) is 77.2 Å². The van der Waals surface area contributed by atoms with Gasteiger partial charge < -0.3 is 17.2 Å². The number of allylic oxidation sites excluding steroid dienone is 3. The molecule has 2 aromatic heterocycles. The number of hydrogen-bond donors (Lipinski definition) is 3. The predicted molar refractivity (Wildman–Crippen MR) is 125 cm³/mol. The van der Waals surface area contributed by atoms with Crippen LogP contribution in [0.2, 0.25) is 0 Å². The lowest BCUT2D eigenvalue weighted by Crippen LogP contribution is -2.35. The van der Waals surface area contributed by atoms with E-state index in [-0.39, 0.29) is 18.1 Å². The molecule has 2 heterocycles. The van der Waals surface area contributed by atoms with Crippen LogP contribution in [0.1, 0.15) is 5.56 Å². The highest BCUT2D eigenvalue weighted by atomic mass is 32.2. The molecule has 1 amide bonds. The summed E-state index contributed by atoms with van der Waals surface area (Å²) in [6.45, 7) is -0.202. The van der Waals surface area contributed by atoms with Gasteiger partial charge in [0.1, 0.15) is 11.5 Å². The number of carbonyl (C=O) groups is 1. The zero-order valence-corrected chi connectivity index (χ0v) is 19.1. The van der Waals surface area contributed by atoms with Gasteiger partial charge in [0.15, 0.2) is 14.9 Å². The first-order valence-electron chi connectivity index (χ1n) is 9.89. The van der Waals surface area contributed by atoms with Crippen molar-refractivity contribution in [3.05, 3.63) is 77.8 Å². The number of pyridine rings is 2. The largest absolute Gasteiger partial charge is 0.430 e. The van der Waals surface area contributed by atoms with Gasteiger partial charge in [-0.2, -0.15) is 13.2 Å². The number of fused-ring (bicyclic) bond motifs is 1. The molecule has 0 saturated heterocycles. The number of rotatable bonds is 6. The SMILES string of the molecule is CS(=O)(=O)c1ncccc1N(Cc1ccc2ccc(N)nc2c1)C(=O)/C(N)=C/C=C(\N)C(F)(F)F. The van der Waals surface area contributed by atoms with E-state index in [2.05, 4.69) is 9.97 Å². The van der Waals surface area contributed by atoms with Crippen LogP contribution in [-0.2, 0) is 21.2 Å². The average Bonchev–Trinajstić information content (AvgIpc) is 2.78. The van der Waals surface area contributed by atoms with Crippen LogP contribution in [0.25, 0.3) is 10.9 Å². The highest BCUT2D eigenvalue weighted by molar-refractivity contribution is 7.90. The van der Waals surface area contributed by atoms with Gasteiger partial charge in [-0.05, 0) is 48.0 Å². The molecular formula is C22H21F3N6O3S. The fourth-order valence-electron chi connectivity index (χ4n) is 3.10. The molecule has 0 atom stereocenters. The molecule has 0 spiro atoms. The summed E-state index contributed by atoms with van der Waals surface area (Å²) in [4.78, 5) is 22.3. The highest BCUT2D eigenvalue weighted by Crippen LogP contribution is 2.27. The van der Waals surface area contributed by atoms with E-state index in [1.165, 1.54) is 18.3 Å². The van der Waals surface area contributed by atoms with Crippen molar-refractivity contribution in [2.75, 3.05) is 16.9 Å². The first kappa shape index (κ1) is 25.5. The summed E-state index contributed by atoms with van der Waals surface area (Å²) < 4.78 is 62.7. The second kappa shape index (κ2) is 9.62. The molecule has 184 valence electrons. The van der Waals surface area contributed by atoms with E-state index >= 15 is 0 Å². The van der Waals surface area contributed by atoms with Gasteiger partial charge in [-0.1, -0.05) is 12.1 Å². The minimum absolute atomic E-state index is 0.107. The minimum atomic E-state index is -4.81. The second-order valence-corrected chi connectivity index (χ2v) is 9.43. The Labute approximate surface area is 198 Å².